The predicted octanol–water partition coefficient (Wildman–Crippen LogP) is 17.2. The molecule has 4 bridgehead atoms. The van der Waals surface area contributed by atoms with Crippen LogP contribution in [0, 0.1) is 23.7 Å². The van der Waals surface area contributed by atoms with E-state index in [2.05, 4.69) is 205 Å². The van der Waals surface area contributed by atoms with Crippen molar-refractivity contribution >= 4 is 49.4 Å². The molecule has 1 aromatic heterocycles. The van der Waals surface area contributed by atoms with E-state index in [0.29, 0.717) is 29.3 Å². The number of fused-ring (bicyclic) bond motifs is 8. The summed E-state index contributed by atoms with van der Waals surface area (Å²) in [5.74, 6) is 5.09. The minimum absolute atomic E-state index is 0.0433. The molecule has 10 aromatic carbocycles. The molecule has 4 saturated carbocycles. The number of benzene rings is 10. The molecule has 4 fully saturated rings. The first-order valence-electron chi connectivity index (χ1n) is 25.6. The summed E-state index contributed by atoms with van der Waals surface area (Å²) < 4.78 is 0. The highest BCUT2D eigenvalue weighted by atomic mass is 15.2. The van der Waals surface area contributed by atoms with Crippen LogP contribution in [0.25, 0.3) is 88.7 Å². The monoisotopic (exact) mass is 910 g/mol. The molecule has 2 heterocycles. The maximum Gasteiger partial charge on any atom is 0.164 e. The smallest absolute Gasteiger partial charge is 0.164 e. The maximum absolute atomic E-state index is 5.19. The summed E-state index contributed by atoms with van der Waals surface area (Å²) in [7, 11) is 0. The molecule has 4 heteroatoms. The van der Waals surface area contributed by atoms with Crippen LogP contribution < -0.4 is 4.90 Å². The number of rotatable bonds is 6. The van der Waals surface area contributed by atoms with Crippen LogP contribution >= 0.6 is 0 Å². The van der Waals surface area contributed by atoms with Gasteiger partial charge in [-0.1, -0.05) is 188 Å². The predicted molar refractivity (Wildman–Crippen MR) is 292 cm³/mol. The molecule has 4 nitrogen and oxygen atoms in total. The topological polar surface area (TPSA) is 41.9 Å². The Morgan fingerprint density at radius 3 is 1.30 bits per heavy atom. The second-order valence-corrected chi connectivity index (χ2v) is 20.8. The van der Waals surface area contributed by atoms with Crippen LogP contribution in [0.5, 0.6) is 0 Å². The molecule has 0 atom stereocenters. The van der Waals surface area contributed by atoms with E-state index in [-0.39, 0.29) is 5.41 Å². The van der Waals surface area contributed by atoms with E-state index < -0.39 is 0 Å². The molecule has 1 aliphatic heterocycles. The van der Waals surface area contributed by atoms with Gasteiger partial charge in [0.05, 0.1) is 11.4 Å². The van der Waals surface area contributed by atoms with E-state index >= 15 is 0 Å². The van der Waals surface area contributed by atoms with Gasteiger partial charge in [-0.3, -0.25) is 0 Å². The SMILES string of the molecule is c1ccc(-c2nc(-c3ccc(-c4ccc5c(c4)N(c4ccccc4)c4ccccc4C54C5CC6CC(C5)CC4C6)cc3)nc(-c3ccc(-c4ccc5c6ccccc6c6ccccc6c5c4)cc3)n2)cc1. The number of anilines is 3. The van der Waals surface area contributed by atoms with E-state index in [0.717, 1.165) is 34.1 Å². The van der Waals surface area contributed by atoms with E-state index in [4.69, 9.17) is 15.0 Å². The Morgan fingerprint density at radius 1 is 0.310 bits per heavy atom. The molecule has 0 amide bonds. The molecule has 1 spiro atoms. The van der Waals surface area contributed by atoms with Crippen LogP contribution in [0.2, 0.25) is 0 Å². The number of aromatic nitrogens is 3. The lowest BCUT2D eigenvalue weighted by molar-refractivity contribution is -0.0419. The first kappa shape index (κ1) is 40.7. The molecule has 0 unspecified atom stereocenters. The minimum Gasteiger partial charge on any atom is -0.310 e. The van der Waals surface area contributed by atoms with Gasteiger partial charge in [-0.05, 0) is 152 Å². The van der Waals surface area contributed by atoms with Crippen LogP contribution in [0.1, 0.15) is 43.2 Å². The molecule has 16 rings (SSSR count). The highest BCUT2D eigenvalue weighted by Gasteiger charge is 2.61. The zero-order valence-electron chi connectivity index (χ0n) is 39.4. The molecule has 338 valence electrons. The zero-order chi connectivity index (χ0) is 46.6. The van der Waals surface area contributed by atoms with Gasteiger partial charge in [-0.2, -0.15) is 0 Å². The summed E-state index contributed by atoms with van der Waals surface area (Å²) in [5.41, 5.74) is 14.5. The molecule has 0 radical (unpaired) electrons. The van der Waals surface area contributed by atoms with Gasteiger partial charge in [0.15, 0.2) is 17.5 Å². The lowest BCUT2D eigenvalue weighted by Gasteiger charge is -2.64. The van der Waals surface area contributed by atoms with E-state index in [1.807, 2.05) is 18.2 Å². The summed E-state index contributed by atoms with van der Waals surface area (Å²) in [5, 5.41) is 7.65. The molecular formula is C67H50N4. The third kappa shape index (κ3) is 6.33. The van der Waals surface area contributed by atoms with Gasteiger partial charge in [0.25, 0.3) is 0 Å². The third-order valence-corrected chi connectivity index (χ3v) is 17.1. The highest BCUT2D eigenvalue weighted by Crippen LogP contribution is 2.69. The van der Waals surface area contributed by atoms with Gasteiger partial charge in [0.1, 0.15) is 0 Å². The number of nitrogens with zero attached hydrogens (tertiary/aromatic N) is 4. The van der Waals surface area contributed by atoms with Crippen molar-refractivity contribution in [3.05, 3.63) is 230 Å². The molecule has 4 aliphatic carbocycles. The Kier molecular flexibility index (Phi) is 9.11. The summed E-state index contributed by atoms with van der Waals surface area (Å²) in [6, 6.07) is 80.0. The molecule has 71 heavy (non-hydrogen) atoms. The van der Waals surface area contributed by atoms with Crippen molar-refractivity contribution < 1.29 is 0 Å². The lowest BCUT2D eigenvalue weighted by Crippen LogP contribution is -2.57. The van der Waals surface area contributed by atoms with Gasteiger partial charge in [0.2, 0.25) is 0 Å². The first-order valence-corrected chi connectivity index (χ1v) is 25.6. The first-order chi connectivity index (χ1) is 35.1. The van der Waals surface area contributed by atoms with Crippen LogP contribution in [-0.2, 0) is 5.41 Å². The second kappa shape index (κ2) is 15.9. The summed E-state index contributed by atoms with van der Waals surface area (Å²) in [6.45, 7) is 0. The lowest BCUT2D eigenvalue weighted by atomic mass is 9.41. The molecule has 0 saturated heterocycles. The molecule has 11 aromatic rings. The fourth-order valence-electron chi connectivity index (χ4n) is 14.3. The van der Waals surface area contributed by atoms with Gasteiger partial charge < -0.3 is 4.90 Å². The Balaban J connectivity index is 0.799. The van der Waals surface area contributed by atoms with Crippen molar-refractivity contribution in [1.29, 1.82) is 0 Å². The largest absolute Gasteiger partial charge is 0.310 e. The molecular weight excluding hydrogens is 861 g/mol. The standard InChI is InChI=1S/C67H50N4/c1-3-13-46(14-4-1)64-68-65(47-27-23-44(24-28-47)49-31-33-58-56-19-8-7-17-54(56)55-18-9-10-20-57(55)59(58)40-49)70-66(69-64)48-29-25-45(26-30-48)50-32-34-61-63(41-50)71(53-15-5-2-6-16-53)62-22-12-11-21-60(62)67(61)51-36-42-35-43(38-51)39-52(67)37-42/h1-34,40-43,51-52H,35-39H2. The van der Waals surface area contributed by atoms with Crippen molar-refractivity contribution in [3.8, 4) is 56.4 Å². The van der Waals surface area contributed by atoms with Crippen LogP contribution in [0.15, 0.2) is 218 Å². The fraction of sp³-hybridized carbons (Fsp3) is 0.149. The van der Waals surface area contributed by atoms with Gasteiger partial charge in [-0.25, -0.2) is 15.0 Å². The quantitative estimate of drug-likeness (QED) is 0.156. The van der Waals surface area contributed by atoms with Gasteiger partial charge in [-0.15, -0.1) is 0 Å². The van der Waals surface area contributed by atoms with E-state index in [9.17, 15) is 0 Å². The second-order valence-electron chi connectivity index (χ2n) is 20.8. The Bertz CT molecular complexity index is 3820. The van der Waals surface area contributed by atoms with Crippen molar-refractivity contribution in [2.45, 2.75) is 37.5 Å². The average molecular weight is 911 g/mol. The van der Waals surface area contributed by atoms with Crippen molar-refractivity contribution in [2.24, 2.45) is 23.7 Å². The van der Waals surface area contributed by atoms with Crippen LogP contribution in [0.4, 0.5) is 17.1 Å². The molecule has 0 N–H and O–H groups in total. The Labute approximate surface area is 414 Å². The van der Waals surface area contributed by atoms with Gasteiger partial charge >= 0.3 is 0 Å². The van der Waals surface area contributed by atoms with Gasteiger partial charge in [0, 0.05) is 27.8 Å². The van der Waals surface area contributed by atoms with Crippen molar-refractivity contribution in [2.75, 3.05) is 4.90 Å². The van der Waals surface area contributed by atoms with Crippen LogP contribution in [0.3, 0.4) is 0 Å². The van der Waals surface area contributed by atoms with E-state index in [1.54, 1.807) is 0 Å². The maximum atomic E-state index is 5.19. The Hall–Kier alpha value is -8.21. The van der Waals surface area contributed by atoms with Crippen molar-refractivity contribution in [3.63, 3.8) is 0 Å². The fourth-order valence-corrected chi connectivity index (χ4v) is 14.3. The van der Waals surface area contributed by atoms with Crippen LogP contribution in [-0.4, -0.2) is 15.0 Å². The normalized spacial score (nSPS) is 20.7. The number of para-hydroxylation sites is 2. The third-order valence-electron chi connectivity index (χ3n) is 17.1. The number of hydrogen-bond acceptors (Lipinski definition) is 4. The Morgan fingerprint density at radius 2 is 0.718 bits per heavy atom. The minimum atomic E-state index is 0.0433. The number of hydrogen-bond donors (Lipinski definition) is 0. The average Bonchev–Trinajstić information content (AvgIpc) is 3.44. The van der Waals surface area contributed by atoms with E-state index in [1.165, 1.54) is 109 Å². The summed E-state index contributed by atoms with van der Waals surface area (Å²) in [4.78, 5) is 18.0. The summed E-state index contributed by atoms with van der Waals surface area (Å²) >= 11 is 0. The van der Waals surface area contributed by atoms with Crippen molar-refractivity contribution in [1.82, 2.24) is 15.0 Å². The zero-order valence-corrected chi connectivity index (χ0v) is 39.4. The molecule has 5 aliphatic rings. The highest BCUT2D eigenvalue weighted by molar-refractivity contribution is 6.25. The summed E-state index contributed by atoms with van der Waals surface area (Å²) in [6.07, 6.45) is 6.86.